The molecule has 2 aliphatic rings. The minimum absolute atomic E-state index is 0.0327. The monoisotopic (exact) mass is 515 g/mol. The van der Waals surface area contributed by atoms with Gasteiger partial charge in [0.15, 0.2) is 0 Å². The number of halogens is 4. The van der Waals surface area contributed by atoms with Gasteiger partial charge in [0, 0.05) is 18.7 Å². The predicted octanol–water partition coefficient (Wildman–Crippen LogP) is 3.04. The van der Waals surface area contributed by atoms with Crippen molar-refractivity contribution in [2.24, 2.45) is 0 Å². The van der Waals surface area contributed by atoms with Gasteiger partial charge in [0.05, 0.1) is 23.0 Å². The van der Waals surface area contributed by atoms with Crippen LogP contribution in [-0.2, 0) is 21.4 Å². The van der Waals surface area contributed by atoms with Crippen LogP contribution >= 0.6 is 11.6 Å². The van der Waals surface area contributed by atoms with Crippen molar-refractivity contribution in [1.29, 1.82) is 0 Å². The summed E-state index contributed by atoms with van der Waals surface area (Å²) in [5, 5.41) is 2.65. The number of hydrogen-bond donors (Lipinski definition) is 1. The molecule has 0 saturated carbocycles. The molecule has 0 aliphatic carbocycles. The maximum atomic E-state index is 13.6. The highest BCUT2D eigenvalue weighted by molar-refractivity contribution is 7.89. The third-order valence-corrected chi connectivity index (χ3v) is 7.90. The summed E-state index contributed by atoms with van der Waals surface area (Å²) >= 11 is 5.66. The highest BCUT2D eigenvalue weighted by Crippen LogP contribution is 2.32. The van der Waals surface area contributed by atoms with Crippen molar-refractivity contribution in [1.82, 2.24) is 14.5 Å². The number of hydrogen-bond acceptors (Lipinski definition) is 4. The fraction of sp³-hybridized carbons (Fsp3) is 0.364. The summed E-state index contributed by atoms with van der Waals surface area (Å²) in [4.78, 5) is 26.9. The molecule has 0 unspecified atom stereocenters. The average molecular weight is 516 g/mol. The van der Waals surface area contributed by atoms with Gasteiger partial charge in [0.25, 0.3) is 11.8 Å². The van der Waals surface area contributed by atoms with Crippen LogP contribution in [0.2, 0.25) is 5.02 Å². The van der Waals surface area contributed by atoms with E-state index >= 15 is 0 Å². The summed E-state index contributed by atoms with van der Waals surface area (Å²) in [6.45, 7) is -1.47. The zero-order chi connectivity index (χ0) is 24.7. The first-order valence-corrected chi connectivity index (χ1v) is 12.3. The van der Waals surface area contributed by atoms with Crippen LogP contribution in [0.25, 0.3) is 0 Å². The molecule has 2 heterocycles. The van der Waals surface area contributed by atoms with Crippen LogP contribution in [0.4, 0.5) is 13.2 Å². The third-order valence-electron chi connectivity index (χ3n) is 5.80. The number of nitrogens with zero attached hydrogens (tertiary/aromatic N) is 2. The largest absolute Gasteiger partial charge is 0.350 e. The zero-order valence-electron chi connectivity index (χ0n) is 17.8. The molecule has 0 bridgehead atoms. The molecule has 2 aromatic rings. The Balaban J connectivity index is 1.45. The maximum absolute atomic E-state index is 13.6. The molecule has 1 N–H and O–H groups in total. The van der Waals surface area contributed by atoms with E-state index in [2.05, 4.69) is 5.32 Å². The Morgan fingerprint density at radius 3 is 2.56 bits per heavy atom. The highest BCUT2D eigenvalue weighted by Gasteiger charge is 2.50. The summed E-state index contributed by atoms with van der Waals surface area (Å²) in [6, 6.07) is 8.53. The lowest BCUT2D eigenvalue weighted by Gasteiger charge is -2.37. The number of sulfonamides is 1. The molecule has 2 amide bonds. The number of benzene rings is 2. The van der Waals surface area contributed by atoms with E-state index in [9.17, 15) is 31.2 Å². The first-order valence-electron chi connectivity index (χ1n) is 10.5. The molecule has 1 atom stereocenters. The molecular formula is C22H21ClF3N3O4S. The number of rotatable bonds is 6. The van der Waals surface area contributed by atoms with Crippen LogP contribution < -0.4 is 5.32 Å². The van der Waals surface area contributed by atoms with E-state index in [0.29, 0.717) is 29.3 Å². The molecule has 2 aliphatic heterocycles. The Morgan fingerprint density at radius 1 is 1.15 bits per heavy atom. The summed E-state index contributed by atoms with van der Waals surface area (Å²) in [5.41, 5.74) is 0.536. The third kappa shape index (κ3) is 4.91. The van der Waals surface area contributed by atoms with E-state index in [1.807, 2.05) is 0 Å². The van der Waals surface area contributed by atoms with E-state index in [1.165, 1.54) is 35.2 Å². The van der Waals surface area contributed by atoms with Crippen molar-refractivity contribution in [2.45, 2.75) is 36.2 Å². The van der Waals surface area contributed by atoms with Gasteiger partial charge in [-0.2, -0.15) is 4.31 Å². The molecule has 0 radical (unpaired) electrons. The van der Waals surface area contributed by atoms with Crippen LogP contribution in [0.15, 0.2) is 47.4 Å². The van der Waals surface area contributed by atoms with Gasteiger partial charge < -0.3 is 10.2 Å². The van der Waals surface area contributed by atoms with Crippen LogP contribution in [0.5, 0.6) is 0 Å². The molecule has 2 aromatic carbocycles. The number of likely N-dealkylation sites (tertiary alicyclic amines) is 1. The molecule has 0 spiro atoms. The summed E-state index contributed by atoms with van der Waals surface area (Å²) < 4.78 is 65.8. The summed E-state index contributed by atoms with van der Waals surface area (Å²) in [5.74, 6) is -4.63. The molecule has 4 rings (SSSR count). The lowest BCUT2D eigenvalue weighted by Crippen LogP contribution is -2.58. The molecule has 34 heavy (non-hydrogen) atoms. The van der Waals surface area contributed by atoms with Crippen LogP contribution in [0.3, 0.4) is 0 Å². The molecule has 0 aromatic heterocycles. The van der Waals surface area contributed by atoms with Gasteiger partial charge in [-0.05, 0) is 48.7 Å². The molecule has 12 heteroatoms. The molecular weight excluding hydrogens is 495 g/mol. The van der Waals surface area contributed by atoms with E-state index in [0.717, 1.165) is 6.07 Å². The second-order valence-corrected chi connectivity index (χ2v) is 10.6. The SMILES string of the molecule is O=C(NCc1ccc(Cl)c(F)c1)[C@H]1CCCN1C(=O)c1cccc(S(=O)(=O)N2CC(F)(F)C2)c1. The van der Waals surface area contributed by atoms with E-state index in [-0.39, 0.29) is 22.0 Å². The molecule has 7 nitrogen and oxygen atoms in total. The molecule has 182 valence electrons. The van der Waals surface area contributed by atoms with Crippen molar-refractivity contribution in [3.8, 4) is 0 Å². The second kappa shape index (κ2) is 9.20. The number of alkyl halides is 2. The van der Waals surface area contributed by atoms with E-state index in [1.54, 1.807) is 6.07 Å². The Morgan fingerprint density at radius 2 is 1.88 bits per heavy atom. The van der Waals surface area contributed by atoms with Crippen LogP contribution in [0.1, 0.15) is 28.8 Å². The van der Waals surface area contributed by atoms with Crippen molar-refractivity contribution in [2.75, 3.05) is 19.6 Å². The minimum Gasteiger partial charge on any atom is -0.350 e. The van der Waals surface area contributed by atoms with Gasteiger partial charge in [-0.15, -0.1) is 0 Å². The number of nitrogens with one attached hydrogen (secondary N) is 1. The molecule has 2 saturated heterocycles. The van der Waals surface area contributed by atoms with E-state index < -0.39 is 52.7 Å². The minimum atomic E-state index is -4.17. The summed E-state index contributed by atoms with van der Waals surface area (Å²) in [7, 11) is -4.17. The predicted molar refractivity (Wildman–Crippen MR) is 117 cm³/mol. The van der Waals surface area contributed by atoms with Gasteiger partial charge in [-0.25, -0.2) is 21.6 Å². The lowest BCUT2D eigenvalue weighted by molar-refractivity contribution is -0.125. The van der Waals surface area contributed by atoms with Crippen molar-refractivity contribution in [3.63, 3.8) is 0 Å². The number of carbonyl (C=O) groups excluding carboxylic acids is 2. The lowest BCUT2D eigenvalue weighted by atomic mass is 10.1. The van der Waals surface area contributed by atoms with Gasteiger partial charge in [-0.1, -0.05) is 23.7 Å². The summed E-state index contributed by atoms with van der Waals surface area (Å²) in [6.07, 6.45) is 0.980. The maximum Gasteiger partial charge on any atom is 0.275 e. The van der Waals surface area contributed by atoms with Gasteiger partial charge >= 0.3 is 0 Å². The van der Waals surface area contributed by atoms with Crippen LogP contribution in [-0.4, -0.2) is 61.0 Å². The molecule has 2 fully saturated rings. The highest BCUT2D eigenvalue weighted by atomic mass is 35.5. The van der Waals surface area contributed by atoms with Gasteiger partial charge in [-0.3, -0.25) is 9.59 Å². The smallest absolute Gasteiger partial charge is 0.275 e. The fourth-order valence-corrected chi connectivity index (χ4v) is 5.64. The Labute approximate surface area is 199 Å². The Bertz CT molecular complexity index is 1230. The van der Waals surface area contributed by atoms with Gasteiger partial charge in [0.2, 0.25) is 15.9 Å². The standard InChI is InChI=1S/C22H21ClF3N3O4S/c23-17-7-6-14(9-18(17)24)11-27-20(30)19-5-2-8-29(19)21(31)15-3-1-4-16(10-15)34(32,33)28-12-22(25,26)13-28/h1,3-4,6-7,9-10,19H,2,5,8,11-13H2,(H,27,30)/t19-/m1/s1. The van der Waals surface area contributed by atoms with Gasteiger partial charge in [0.1, 0.15) is 11.9 Å². The van der Waals surface area contributed by atoms with E-state index in [4.69, 9.17) is 11.6 Å². The Kier molecular flexibility index (Phi) is 6.63. The normalized spacial score (nSPS) is 20.1. The zero-order valence-corrected chi connectivity index (χ0v) is 19.4. The number of carbonyl (C=O) groups is 2. The van der Waals surface area contributed by atoms with Crippen molar-refractivity contribution in [3.05, 3.63) is 64.4 Å². The first kappa shape index (κ1) is 24.5. The topological polar surface area (TPSA) is 86.8 Å². The second-order valence-electron chi connectivity index (χ2n) is 8.28. The van der Waals surface area contributed by atoms with Crippen molar-refractivity contribution >= 4 is 33.4 Å². The quantitative estimate of drug-likeness (QED) is 0.641. The first-order chi connectivity index (χ1) is 16.0. The average Bonchev–Trinajstić information content (AvgIpc) is 3.27. The van der Waals surface area contributed by atoms with Crippen LogP contribution in [0, 0.1) is 5.82 Å². The Hall–Kier alpha value is -2.63. The fourth-order valence-electron chi connectivity index (χ4n) is 3.98. The number of amides is 2. The van der Waals surface area contributed by atoms with Crippen molar-refractivity contribution < 1.29 is 31.2 Å².